The Morgan fingerprint density at radius 3 is 2.67 bits per heavy atom. The van der Waals surface area contributed by atoms with E-state index < -0.39 is 6.04 Å². The average molecular weight is 380 g/mol. The second-order valence-electron chi connectivity index (χ2n) is 7.09. The molecule has 0 saturated carbocycles. The van der Waals surface area contributed by atoms with Crippen LogP contribution in [0.25, 0.3) is 10.9 Å². The van der Waals surface area contributed by atoms with Gasteiger partial charge in [-0.15, -0.1) is 0 Å². The first-order valence-corrected chi connectivity index (χ1v) is 9.45. The maximum Gasteiger partial charge on any atom is 0.251 e. The molecular weight excluding hydrogens is 362 g/mol. The number of aromatic nitrogens is 1. The van der Waals surface area contributed by atoms with Crippen LogP contribution in [0.15, 0.2) is 48.5 Å². The first-order chi connectivity index (χ1) is 13.1. The normalized spacial score (nSPS) is 20.5. The monoisotopic (exact) mass is 379 g/mol. The number of hydrogen-bond donors (Lipinski definition) is 1. The summed E-state index contributed by atoms with van der Waals surface area (Å²) in [6.07, 6.45) is 1.06. The Balaban J connectivity index is 1.44. The van der Waals surface area contributed by atoms with Crippen LogP contribution in [0, 0.1) is 0 Å². The maximum atomic E-state index is 13.0. The summed E-state index contributed by atoms with van der Waals surface area (Å²) in [6, 6.07) is 14.8. The molecule has 0 spiro atoms. The summed E-state index contributed by atoms with van der Waals surface area (Å²) in [4.78, 5) is 32.5. The molecule has 5 rings (SSSR count). The number of rotatable bonds is 2. The number of hydrogen-bond acceptors (Lipinski definition) is 3. The summed E-state index contributed by atoms with van der Waals surface area (Å²) >= 11 is 6.22. The van der Waals surface area contributed by atoms with Crippen LogP contribution in [-0.4, -0.2) is 34.3 Å². The van der Waals surface area contributed by atoms with E-state index in [1.54, 1.807) is 24.3 Å². The number of para-hydroxylation sites is 2. The van der Waals surface area contributed by atoms with E-state index in [2.05, 4.69) is 22.0 Å². The third-order valence-corrected chi connectivity index (χ3v) is 5.89. The fourth-order valence-corrected chi connectivity index (χ4v) is 4.49. The van der Waals surface area contributed by atoms with Gasteiger partial charge in [0.25, 0.3) is 5.91 Å². The number of H-pyrrole nitrogens is 1. The summed E-state index contributed by atoms with van der Waals surface area (Å²) in [5.74, 6) is -0.381. The number of anilines is 1. The Bertz CT molecular complexity index is 1070. The van der Waals surface area contributed by atoms with Crippen LogP contribution in [0.1, 0.15) is 17.7 Å². The molecule has 27 heavy (non-hydrogen) atoms. The van der Waals surface area contributed by atoms with Crippen molar-refractivity contribution in [2.24, 2.45) is 0 Å². The summed E-state index contributed by atoms with van der Waals surface area (Å²) in [6.45, 7) is 1.40. The van der Waals surface area contributed by atoms with E-state index in [4.69, 9.17) is 11.6 Å². The first kappa shape index (κ1) is 16.5. The molecule has 0 bridgehead atoms. The van der Waals surface area contributed by atoms with Gasteiger partial charge in [0.2, 0.25) is 5.91 Å². The van der Waals surface area contributed by atoms with E-state index in [1.165, 1.54) is 15.8 Å². The lowest BCUT2D eigenvalue weighted by Crippen LogP contribution is -2.44. The van der Waals surface area contributed by atoms with Gasteiger partial charge in [0.15, 0.2) is 0 Å². The molecule has 136 valence electrons. The predicted molar refractivity (Wildman–Crippen MR) is 105 cm³/mol. The van der Waals surface area contributed by atoms with Gasteiger partial charge < -0.3 is 4.98 Å². The fourth-order valence-electron chi connectivity index (χ4n) is 4.27. The van der Waals surface area contributed by atoms with Crippen molar-refractivity contribution >= 4 is 40.0 Å². The number of benzene rings is 2. The zero-order chi connectivity index (χ0) is 18.5. The number of amides is 2. The molecule has 2 aromatic carbocycles. The molecule has 1 aromatic heterocycles. The van der Waals surface area contributed by atoms with Crippen LogP contribution in [0.4, 0.5) is 5.69 Å². The van der Waals surface area contributed by atoms with Gasteiger partial charge in [0.05, 0.1) is 23.2 Å². The van der Waals surface area contributed by atoms with Gasteiger partial charge in [-0.2, -0.15) is 0 Å². The van der Waals surface area contributed by atoms with Crippen molar-refractivity contribution in [3.8, 4) is 0 Å². The average Bonchev–Trinajstić information content (AvgIpc) is 3.19. The van der Waals surface area contributed by atoms with E-state index in [-0.39, 0.29) is 18.2 Å². The number of aromatic amines is 1. The molecule has 0 unspecified atom stereocenters. The molecule has 0 aliphatic carbocycles. The smallest absolute Gasteiger partial charge is 0.251 e. The van der Waals surface area contributed by atoms with Crippen molar-refractivity contribution in [3.63, 3.8) is 0 Å². The summed E-state index contributed by atoms with van der Waals surface area (Å²) < 4.78 is 0. The lowest BCUT2D eigenvalue weighted by atomic mass is 10.0. The number of nitrogens with one attached hydrogen (secondary N) is 1. The van der Waals surface area contributed by atoms with Crippen molar-refractivity contribution in [1.29, 1.82) is 0 Å². The largest absolute Gasteiger partial charge is 0.357 e. The Kier molecular flexibility index (Phi) is 3.81. The summed E-state index contributed by atoms with van der Waals surface area (Å²) in [5, 5.41) is 1.66. The second-order valence-corrected chi connectivity index (χ2v) is 7.49. The minimum absolute atomic E-state index is 0.187. The molecule has 2 aliphatic rings. The highest BCUT2D eigenvalue weighted by molar-refractivity contribution is 6.36. The zero-order valence-electron chi connectivity index (χ0n) is 14.6. The van der Waals surface area contributed by atoms with E-state index in [0.717, 1.165) is 24.2 Å². The molecule has 6 heteroatoms. The van der Waals surface area contributed by atoms with E-state index >= 15 is 0 Å². The molecular formula is C21H18ClN3O2. The lowest BCUT2D eigenvalue weighted by Gasteiger charge is -2.30. The van der Waals surface area contributed by atoms with Gasteiger partial charge in [0.1, 0.15) is 0 Å². The lowest BCUT2D eigenvalue weighted by molar-refractivity contribution is -0.123. The number of carbonyl (C=O) groups is 2. The first-order valence-electron chi connectivity index (χ1n) is 9.07. The Morgan fingerprint density at radius 1 is 1.04 bits per heavy atom. The van der Waals surface area contributed by atoms with Gasteiger partial charge >= 0.3 is 0 Å². The summed E-state index contributed by atoms with van der Waals surface area (Å²) in [7, 11) is 0. The molecule has 1 atom stereocenters. The van der Waals surface area contributed by atoms with Crippen LogP contribution < -0.4 is 4.90 Å². The molecule has 1 fully saturated rings. The highest BCUT2D eigenvalue weighted by Crippen LogP contribution is 2.34. The fraction of sp³-hybridized carbons (Fsp3) is 0.238. The molecule has 0 radical (unpaired) electrons. The topological polar surface area (TPSA) is 56.4 Å². The molecule has 3 aromatic rings. The highest BCUT2D eigenvalue weighted by atomic mass is 35.5. The molecule has 5 nitrogen and oxygen atoms in total. The van der Waals surface area contributed by atoms with E-state index in [9.17, 15) is 9.59 Å². The molecule has 1 N–H and O–H groups in total. The summed E-state index contributed by atoms with van der Waals surface area (Å²) in [5.41, 5.74) is 4.05. The predicted octanol–water partition coefficient (Wildman–Crippen LogP) is 3.51. The van der Waals surface area contributed by atoms with E-state index in [1.807, 2.05) is 12.1 Å². The molecule has 2 amide bonds. The Labute approximate surface area is 161 Å². The van der Waals surface area contributed by atoms with Crippen molar-refractivity contribution in [2.45, 2.75) is 25.4 Å². The SMILES string of the molecule is O=C1C[C@H](N2CCc3c([nH]c4ccccc34)C2)C(=O)N1c1ccccc1Cl. The minimum Gasteiger partial charge on any atom is -0.357 e. The number of carbonyl (C=O) groups excluding carboxylic acids is 2. The minimum atomic E-state index is -0.437. The molecule has 3 heterocycles. The highest BCUT2D eigenvalue weighted by Gasteiger charge is 2.44. The number of imide groups is 1. The van der Waals surface area contributed by atoms with Crippen LogP contribution in [0.2, 0.25) is 5.02 Å². The van der Waals surface area contributed by atoms with Crippen LogP contribution in [0.5, 0.6) is 0 Å². The second kappa shape index (κ2) is 6.22. The van der Waals surface area contributed by atoms with Crippen LogP contribution >= 0.6 is 11.6 Å². The van der Waals surface area contributed by atoms with Crippen molar-refractivity contribution in [1.82, 2.24) is 9.88 Å². The van der Waals surface area contributed by atoms with Crippen LogP contribution in [-0.2, 0) is 22.6 Å². The Hall–Kier alpha value is -2.63. The third-order valence-electron chi connectivity index (χ3n) is 5.57. The maximum absolute atomic E-state index is 13.0. The van der Waals surface area contributed by atoms with Gasteiger partial charge in [-0.1, -0.05) is 41.9 Å². The number of nitrogens with zero attached hydrogens (tertiary/aromatic N) is 2. The van der Waals surface area contributed by atoms with Gasteiger partial charge in [-0.05, 0) is 30.2 Å². The third kappa shape index (κ3) is 2.58. The molecule has 1 saturated heterocycles. The van der Waals surface area contributed by atoms with Gasteiger partial charge in [0, 0.05) is 29.7 Å². The quantitative estimate of drug-likeness (QED) is 0.693. The van der Waals surface area contributed by atoms with Crippen molar-refractivity contribution in [3.05, 3.63) is 64.8 Å². The van der Waals surface area contributed by atoms with Gasteiger partial charge in [-0.25, -0.2) is 4.90 Å². The number of fused-ring (bicyclic) bond motifs is 3. The van der Waals surface area contributed by atoms with Crippen molar-refractivity contribution in [2.75, 3.05) is 11.4 Å². The Morgan fingerprint density at radius 2 is 1.81 bits per heavy atom. The van der Waals surface area contributed by atoms with E-state index in [0.29, 0.717) is 17.3 Å². The van der Waals surface area contributed by atoms with Crippen molar-refractivity contribution < 1.29 is 9.59 Å². The zero-order valence-corrected chi connectivity index (χ0v) is 15.4. The van der Waals surface area contributed by atoms with Crippen LogP contribution in [0.3, 0.4) is 0 Å². The van der Waals surface area contributed by atoms with Gasteiger partial charge in [-0.3, -0.25) is 14.5 Å². The number of halogens is 1. The standard InChI is InChI=1S/C21H18ClN3O2/c22-15-6-2-4-8-18(15)25-20(26)11-19(21(25)27)24-10-9-14-13-5-1-3-7-16(13)23-17(14)12-24/h1-8,19,23H,9-12H2/t19-/m0/s1. The molecule has 2 aliphatic heterocycles.